The van der Waals surface area contributed by atoms with E-state index in [-0.39, 0.29) is 4.91 Å². The topological polar surface area (TPSA) is 114 Å². The molecular formula is C31H24N4O5S. The first-order valence-electron chi connectivity index (χ1n) is 12.9. The quantitative estimate of drug-likeness (QED) is 0.316. The molecule has 0 atom stereocenters. The summed E-state index contributed by atoms with van der Waals surface area (Å²) in [5.41, 5.74) is 4.60. The van der Waals surface area contributed by atoms with Crippen molar-refractivity contribution >= 4 is 51.5 Å². The first kappa shape index (κ1) is 26.2. The number of anilines is 1. The summed E-state index contributed by atoms with van der Waals surface area (Å²) in [6.07, 6.45) is 1.72. The summed E-state index contributed by atoms with van der Waals surface area (Å²) in [5.74, 6) is 0.0857. The van der Waals surface area contributed by atoms with Gasteiger partial charge in [0.1, 0.15) is 19.8 Å². The third kappa shape index (κ3) is 5.03. The van der Waals surface area contributed by atoms with E-state index in [1.807, 2.05) is 49.4 Å². The van der Waals surface area contributed by atoms with Gasteiger partial charge in [0.05, 0.1) is 16.5 Å². The second-order valence-electron chi connectivity index (χ2n) is 9.55. The van der Waals surface area contributed by atoms with Crippen LogP contribution in [0.2, 0.25) is 0 Å². The molecule has 3 heterocycles. The Morgan fingerprint density at radius 1 is 1.05 bits per heavy atom. The molecule has 0 bridgehead atoms. The molecule has 10 heteroatoms. The summed E-state index contributed by atoms with van der Waals surface area (Å²) in [5, 5.41) is 12.7. The number of thioether (sulfide) groups is 1. The van der Waals surface area contributed by atoms with Crippen molar-refractivity contribution in [1.82, 2.24) is 9.47 Å². The van der Waals surface area contributed by atoms with Crippen molar-refractivity contribution in [1.29, 1.82) is 5.26 Å². The molecule has 204 valence electrons. The Kier molecular flexibility index (Phi) is 6.95. The van der Waals surface area contributed by atoms with Crippen LogP contribution in [0.15, 0.2) is 71.6 Å². The van der Waals surface area contributed by atoms with Gasteiger partial charge in [0.25, 0.3) is 11.1 Å². The summed E-state index contributed by atoms with van der Waals surface area (Å²) < 4.78 is 13.1. The molecule has 6 rings (SSSR count). The molecule has 2 aliphatic heterocycles. The van der Waals surface area contributed by atoms with Gasteiger partial charge in [-0.3, -0.25) is 19.3 Å². The second kappa shape index (κ2) is 10.9. The van der Waals surface area contributed by atoms with Crippen LogP contribution in [0.25, 0.3) is 17.0 Å². The number of hydrogen-bond acceptors (Lipinski definition) is 7. The fraction of sp³-hybridized carbons (Fsp3) is 0.161. The first-order valence-corrected chi connectivity index (χ1v) is 13.8. The van der Waals surface area contributed by atoms with Gasteiger partial charge < -0.3 is 19.4 Å². The van der Waals surface area contributed by atoms with Crippen LogP contribution in [0.5, 0.6) is 11.5 Å². The third-order valence-corrected chi connectivity index (χ3v) is 7.93. The number of nitriles is 1. The lowest BCUT2D eigenvalue weighted by atomic mass is 10.1. The van der Waals surface area contributed by atoms with Crippen LogP contribution in [-0.2, 0) is 16.1 Å². The van der Waals surface area contributed by atoms with Crippen LogP contribution in [0.4, 0.5) is 10.5 Å². The van der Waals surface area contributed by atoms with Gasteiger partial charge in [-0.2, -0.15) is 5.26 Å². The van der Waals surface area contributed by atoms with Gasteiger partial charge in [-0.05, 0) is 54.6 Å². The normalized spacial score (nSPS) is 15.4. The van der Waals surface area contributed by atoms with Gasteiger partial charge in [-0.15, -0.1) is 0 Å². The number of hydrogen-bond donors (Lipinski definition) is 1. The van der Waals surface area contributed by atoms with Crippen molar-refractivity contribution in [2.24, 2.45) is 0 Å². The zero-order chi connectivity index (χ0) is 28.5. The van der Waals surface area contributed by atoms with Crippen LogP contribution >= 0.6 is 11.8 Å². The Hall–Kier alpha value is -5.01. The molecule has 1 fully saturated rings. The van der Waals surface area contributed by atoms with E-state index in [1.165, 1.54) is 0 Å². The number of amides is 3. The largest absolute Gasteiger partial charge is 0.486 e. The van der Waals surface area contributed by atoms with Gasteiger partial charge in [0, 0.05) is 40.5 Å². The summed E-state index contributed by atoms with van der Waals surface area (Å²) in [7, 11) is 0. The smallest absolute Gasteiger partial charge is 0.294 e. The van der Waals surface area contributed by atoms with Crippen LogP contribution in [0.3, 0.4) is 0 Å². The van der Waals surface area contributed by atoms with Gasteiger partial charge >= 0.3 is 0 Å². The highest BCUT2D eigenvalue weighted by atomic mass is 32.2. The molecule has 3 aromatic carbocycles. The Balaban J connectivity index is 1.24. The summed E-state index contributed by atoms with van der Waals surface area (Å²) in [4.78, 5) is 40.0. The van der Waals surface area contributed by atoms with E-state index < -0.39 is 23.6 Å². The molecule has 3 amide bonds. The van der Waals surface area contributed by atoms with E-state index in [4.69, 9.17) is 9.47 Å². The summed E-state index contributed by atoms with van der Waals surface area (Å²) >= 11 is 0.810. The number of para-hydroxylation sites is 1. The molecule has 0 aliphatic carbocycles. The molecule has 0 saturated carbocycles. The highest BCUT2D eigenvalue weighted by molar-refractivity contribution is 8.18. The van der Waals surface area contributed by atoms with Crippen molar-refractivity contribution in [3.63, 3.8) is 0 Å². The second-order valence-corrected chi connectivity index (χ2v) is 10.5. The maximum Gasteiger partial charge on any atom is 0.294 e. The number of rotatable bonds is 6. The fourth-order valence-electron chi connectivity index (χ4n) is 5.01. The predicted octanol–water partition coefficient (Wildman–Crippen LogP) is 5.32. The Bertz CT molecular complexity index is 1800. The molecule has 4 aromatic rings. The Morgan fingerprint density at radius 2 is 1.80 bits per heavy atom. The minimum atomic E-state index is -0.525. The minimum absolute atomic E-state index is 0.241. The predicted molar refractivity (Wildman–Crippen MR) is 156 cm³/mol. The van der Waals surface area contributed by atoms with Crippen LogP contribution < -0.4 is 14.8 Å². The number of carbonyl (C=O) groups is 3. The first-order chi connectivity index (χ1) is 19.9. The average Bonchev–Trinajstić information content (AvgIpc) is 3.40. The van der Waals surface area contributed by atoms with Gasteiger partial charge in [-0.1, -0.05) is 36.4 Å². The maximum absolute atomic E-state index is 13.3. The number of nitrogens with one attached hydrogen (secondary N) is 1. The van der Waals surface area contributed by atoms with E-state index in [9.17, 15) is 19.6 Å². The molecule has 2 aliphatic rings. The van der Waals surface area contributed by atoms with E-state index in [0.717, 1.165) is 44.4 Å². The third-order valence-electron chi connectivity index (χ3n) is 7.02. The minimum Gasteiger partial charge on any atom is -0.486 e. The number of benzene rings is 3. The zero-order valence-electron chi connectivity index (χ0n) is 22.0. The molecule has 1 aromatic heterocycles. The average molecular weight is 565 g/mol. The standard InChI is InChI=1S/C31H24N4O5S/c1-19-24(23-8-4-5-9-25(23)34(19)17-21-7-3-2-6-20(21)16-32)15-28-30(37)35(31(38)41-28)18-29(36)33-22-10-11-26-27(14-22)40-13-12-39-26/h2-11,14-15H,12-13,17-18H2,1H3,(H,33,36)/b28-15-. The van der Waals surface area contributed by atoms with Crippen molar-refractivity contribution in [2.45, 2.75) is 13.5 Å². The highest BCUT2D eigenvalue weighted by Crippen LogP contribution is 2.36. The van der Waals surface area contributed by atoms with Gasteiger partial charge in [-0.25, -0.2) is 0 Å². The van der Waals surface area contributed by atoms with Gasteiger partial charge in [0.2, 0.25) is 5.91 Å². The van der Waals surface area contributed by atoms with Crippen LogP contribution in [0.1, 0.15) is 22.4 Å². The van der Waals surface area contributed by atoms with E-state index >= 15 is 0 Å². The van der Waals surface area contributed by atoms with E-state index in [1.54, 1.807) is 30.3 Å². The molecule has 41 heavy (non-hydrogen) atoms. The van der Waals surface area contributed by atoms with Crippen LogP contribution in [-0.4, -0.2) is 46.3 Å². The van der Waals surface area contributed by atoms with E-state index in [0.29, 0.717) is 42.5 Å². The molecule has 1 saturated heterocycles. The number of imide groups is 1. The van der Waals surface area contributed by atoms with Crippen molar-refractivity contribution in [2.75, 3.05) is 25.1 Å². The molecule has 1 N–H and O–H groups in total. The molecule has 0 unspecified atom stereocenters. The summed E-state index contributed by atoms with van der Waals surface area (Å²) in [6, 6.07) is 22.5. The fourth-order valence-corrected chi connectivity index (χ4v) is 5.83. The number of aromatic nitrogens is 1. The Morgan fingerprint density at radius 3 is 2.63 bits per heavy atom. The molecule has 0 spiro atoms. The highest BCUT2D eigenvalue weighted by Gasteiger charge is 2.36. The lowest BCUT2D eigenvalue weighted by Gasteiger charge is -2.19. The number of fused-ring (bicyclic) bond motifs is 2. The monoisotopic (exact) mass is 564 g/mol. The lowest BCUT2D eigenvalue weighted by Crippen LogP contribution is -2.36. The number of nitrogens with zero attached hydrogens (tertiary/aromatic N) is 3. The summed E-state index contributed by atoms with van der Waals surface area (Å²) in [6.45, 7) is 2.89. The van der Waals surface area contributed by atoms with Crippen LogP contribution in [0, 0.1) is 18.3 Å². The van der Waals surface area contributed by atoms with Crippen molar-refractivity contribution in [3.05, 3.63) is 94.0 Å². The van der Waals surface area contributed by atoms with Crippen molar-refractivity contribution in [3.8, 4) is 17.6 Å². The zero-order valence-corrected chi connectivity index (χ0v) is 22.9. The van der Waals surface area contributed by atoms with Gasteiger partial charge in [0.15, 0.2) is 11.5 Å². The Labute approximate surface area is 239 Å². The maximum atomic E-state index is 13.3. The number of carbonyl (C=O) groups excluding carboxylic acids is 3. The lowest BCUT2D eigenvalue weighted by molar-refractivity contribution is -0.127. The number of ether oxygens (including phenoxy) is 2. The molecule has 0 radical (unpaired) electrons. The molecule has 9 nitrogen and oxygen atoms in total. The molecular weight excluding hydrogens is 540 g/mol. The van der Waals surface area contributed by atoms with Crippen molar-refractivity contribution < 1.29 is 23.9 Å². The SMILES string of the molecule is Cc1c(/C=C2\SC(=O)N(CC(=O)Nc3ccc4c(c3)OCCO4)C2=O)c2ccccc2n1Cc1ccccc1C#N. The van der Waals surface area contributed by atoms with E-state index in [2.05, 4.69) is 16.0 Å².